The summed E-state index contributed by atoms with van der Waals surface area (Å²) in [5.74, 6) is 0.121. The Morgan fingerprint density at radius 2 is 1.66 bits per heavy atom. The second kappa shape index (κ2) is 10.7. The van der Waals surface area contributed by atoms with Gasteiger partial charge in [-0.15, -0.1) is 0 Å². The number of benzene rings is 3. The maximum atomic E-state index is 12.9. The number of hydrogen-bond donors (Lipinski definition) is 1. The monoisotopic (exact) mass is 491 g/mol. The Kier molecular flexibility index (Phi) is 7.46. The Hall–Kier alpha value is -3.71. The first-order chi connectivity index (χ1) is 16.9. The topological polar surface area (TPSA) is 109 Å². The van der Waals surface area contributed by atoms with E-state index in [1.165, 1.54) is 16.4 Å². The van der Waals surface area contributed by atoms with Gasteiger partial charge in [0, 0.05) is 18.8 Å². The van der Waals surface area contributed by atoms with Gasteiger partial charge in [0.25, 0.3) is 5.91 Å². The number of morpholine rings is 1. The first-order valence-corrected chi connectivity index (χ1v) is 12.6. The fraction of sp³-hybridized carbons (Fsp3) is 0.231. The molecule has 1 heterocycles. The van der Waals surface area contributed by atoms with Gasteiger partial charge in [-0.1, -0.05) is 30.3 Å². The summed E-state index contributed by atoms with van der Waals surface area (Å²) >= 11 is 0. The Morgan fingerprint density at radius 3 is 2.29 bits per heavy atom. The van der Waals surface area contributed by atoms with Crippen LogP contribution in [-0.4, -0.2) is 51.0 Å². The minimum absolute atomic E-state index is 0.115. The number of ether oxygens (including phenoxy) is 2. The number of nitriles is 1. The molecule has 8 nitrogen and oxygen atoms in total. The van der Waals surface area contributed by atoms with Gasteiger partial charge in [0.05, 0.1) is 29.7 Å². The van der Waals surface area contributed by atoms with Gasteiger partial charge in [0.15, 0.2) is 6.10 Å². The molecule has 35 heavy (non-hydrogen) atoms. The van der Waals surface area contributed by atoms with Crippen LogP contribution in [-0.2, 0) is 19.6 Å². The van der Waals surface area contributed by atoms with Crippen LogP contribution in [0.15, 0.2) is 77.7 Å². The molecule has 1 N–H and O–H groups in total. The predicted octanol–water partition coefficient (Wildman–Crippen LogP) is 3.65. The third-order valence-corrected chi connectivity index (χ3v) is 7.49. The SMILES string of the molecule is C[C@@H](Oc1ccc(-c2ccc(C#N)cc2)cc1)C(=O)Nc1cccc(S(=O)(=O)N2CCOCC2)c1. The lowest BCUT2D eigenvalue weighted by molar-refractivity contribution is -0.122. The molecule has 0 aliphatic carbocycles. The molecular weight excluding hydrogens is 466 g/mol. The number of sulfonamides is 1. The molecule has 4 rings (SSSR count). The molecule has 0 radical (unpaired) electrons. The third-order valence-electron chi connectivity index (χ3n) is 5.59. The van der Waals surface area contributed by atoms with Crippen LogP contribution in [0.3, 0.4) is 0 Å². The minimum Gasteiger partial charge on any atom is -0.481 e. The molecule has 1 saturated heterocycles. The molecule has 1 amide bonds. The van der Waals surface area contributed by atoms with Crippen molar-refractivity contribution in [2.75, 3.05) is 31.6 Å². The van der Waals surface area contributed by atoms with Crippen LogP contribution in [0.25, 0.3) is 11.1 Å². The highest BCUT2D eigenvalue weighted by Gasteiger charge is 2.26. The van der Waals surface area contributed by atoms with E-state index in [0.29, 0.717) is 43.3 Å². The van der Waals surface area contributed by atoms with Crippen LogP contribution in [0.4, 0.5) is 5.69 Å². The summed E-state index contributed by atoms with van der Waals surface area (Å²) in [5.41, 5.74) is 2.89. The number of nitrogens with zero attached hydrogens (tertiary/aromatic N) is 2. The van der Waals surface area contributed by atoms with Crippen LogP contribution in [0.2, 0.25) is 0 Å². The summed E-state index contributed by atoms with van der Waals surface area (Å²) in [6.45, 7) is 2.94. The van der Waals surface area contributed by atoms with E-state index in [4.69, 9.17) is 14.7 Å². The fourth-order valence-electron chi connectivity index (χ4n) is 3.64. The normalized spacial score (nSPS) is 15.1. The summed E-state index contributed by atoms with van der Waals surface area (Å²) in [5, 5.41) is 11.7. The lowest BCUT2D eigenvalue weighted by atomic mass is 10.0. The molecule has 3 aromatic rings. The highest BCUT2D eigenvalue weighted by Crippen LogP contribution is 2.24. The van der Waals surface area contributed by atoms with Gasteiger partial charge in [-0.2, -0.15) is 9.57 Å². The van der Waals surface area contributed by atoms with Gasteiger partial charge < -0.3 is 14.8 Å². The Balaban J connectivity index is 1.38. The summed E-state index contributed by atoms with van der Waals surface area (Å²) in [6, 6.07) is 22.8. The Bertz CT molecular complexity index is 1330. The highest BCUT2D eigenvalue weighted by atomic mass is 32.2. The lowest BCUT2D eigenvalue weighted by Gasteiger charge is -2.26. The summed E-state index contributed by atoms with van der Waals surface area (Å²) in [4.78, 5) is 12.8. The predicted molar refractivity (Wildman–Crippen MR) is 131 cm³/mol. The van der Waals surface area contributed by atoms with Crippen molar-refractivity contribution in [2.24, 2.45) is 0 Å². The number of hydrogen-bond acceptors (Lipinski definition) is 6. The molecule has 180 valence electrons. The van der Waals surface area contributed by atoms with Crippen LogP contribution >= 0.6 is 0 Å². The van der Waals surface area contributed by atoms with Crippen molar-refractivity contribution in [1.82, 2.24) is 4.31 Å². The average Bonchev–Trinajstić information content (AvgIpc) is 2.90. The second-order valence-electron chi connectivity index (χ2n) is 8.01. The zero-order valence-electron chi connectivity index (χ0n) is 19.2. The van der Waals surface area contributed by atoms with Gasteiger partial charge in [0.1, 0.15) is 5.75 Å². The van der Waals surface area contributed by atoms with Crippen LogP contribution < -0.4 is 10.1 Å². The lowest BCUT2D eigenvalue weighted by Crippen LogP contribution is -2.40. The van der Waals surface area contributed by atoms with Crippen molar-refractivity contribution < 1.29 is 22.7 Å². The summed E-state index contributed by atoms with van der Waals surface area (Å²) < 4.78 is 38.1. The zero-order chi connectivity index (χ0) is 24.8. The van der Waals surface area contributed by atoms with Crippen LogP contribution in [0.1, 0.15) is 12.5 Å². The van der Waals surface area contributed by atoms with Crippen LogP contribution in [0, 0.1) is 11.3 Å². The van der Waals surface area contributed by atoms with Crippen molar-refractivity contribution in [3.05, 3.63) is 78.4 Å². The molecule has 0 spiro atoms. The molecule has 0 bridgehead atoms. The van der Waals surface area contributed by atoms with Crippen LogP contribution in [0.5, 0.6) is 5.75 Å². The van der Waals surface area contributed by atoms with Gasteiger partial charge in [0.2, 0.25) is 10.0 Å². The van der Waals surface area contributed by atoms with Gasteiger partial charge in [-0.05, 0) is 60.5 Å². The number of nitrogens with one attached hydrogen (secondary N) is 1. The maximum absolute atomic E-state index is 12.9. The zero-order valence-corrected chi connectivity index (χ0v) is 20.0. The van der Waals surface area contributed by atoms with Crippen molar-refractivity contribution in [3.63, 3.8) is 0 Å². The van der Waals surface area contributed by atoms with Crippen molar-refractivity contribution in [1.29, 1.82) is 5.26 Å². The highest BCUT2D eigenvalue weighted by molar-refractivity contribution is 7.89. The largest absolute Gasteiger partial charge is 0.481 e. The van der Waals surface area contributed by atoms with Crippen molar-refractivity contribution in [3.8, 4) is 22.9 Å². The molecule has 1 fully saturated rings. The van der Waals surface area contributed by atoms with E-state index in [1.54, 1.807) is 43.3 Å². The molecule has 0 saturated carbocycles. The first kappa shape index (κ1) is 24.4. The van der Waals surface area contributed by atoms with E-state index in [1.807, 2.05) is 24.3 Å². The number of anilines is 1. The average molecular weight is 492 g/mol. The van der Waals surface area contributed by atoms with E-state index < -0.39 is 22.0 Å². The third kappa shape index (κ3) is 5.87. The molecular formula is C26H25N3O5S. The first-order valence-electron chi connectivity index (χ1n) is 11.1. The van der Waals surface area contributed by atoms with E-state index in [-0.39, 0.29) is 4.90 Å². The quantitative estimate of drug-likeness (QED) is 0.540. The molecule has 1 aliphatic rings. The van der Waals surface area contributed by atoms with Gasteiger partial charge in [-0.3, -0.25) is 4.79 Å². The second-order valence-corrected chi connectivity index (χ2v) is 9.95. The van der Waals surface area contributed by atoms with Crippen molar-refractivity contribution >= 4 is 21.6 Å². The minimum atomic E-state index is -3.67. The van der Waals surface area contributed by atoms with E-state index in [0.717, 1.165) is 11.1 Å². The van der Waals surface area contributed by atoms with Gasteiger partial charge in [-0.25, -0.2) is 8.42 Å². The molecule has 0 aromatic heterocycles. The molecule has 0 unspecified atom stereocenters. The Labute approximate surface area is 204 Å². The fourth-order valence-corrected chi connectivity index (χ4v) is 5.09. The molecule has 3 aromatic carbocycles. The molecule has 9 heteroatoms. The smallest absolute Gasteiger partial charge is 0.265 e. The summed E-state index contributed by atoms with van der Waals surface area (Å²) in [6.07, 6.45) is -0.810. The summed E-state index contributed by atoms with van der Waals surface area (Å²) in [7, 11) is -3.67. The number of rotatable bonds is 7. The van der Waals surface area contributed by atoms with E-state index in [2.05, 4.69) is 11.4 Å². The Morgan fingerprint density at radius 1 is 1.03 bits per heavy atom. The number of carbonyl (C=O) groups is 1. The standard InChI is InChI=1S/C26H25N3O5S/c1-19(34-24-11-9-22(10-12-24)21-7-5-20(18-27)6-8-21)26(30)28-23-3-2-4-25(17-23)35(31,32)29-13-15-33-16-14-29/h2-12,17,19H,13-16H2,1H3,(H,28,30)/t19-/m1/s1. The van der Waals surface area contributed by atoms with Gasteiger partial charge >= 0.3 is 0 Å². The van der Waals surface area contributed by atoms with Crippen molar-refractivity contribution in [2.45, 2.75) is 17.9 Å². The molecule has 1 aliphatic heterocycles. The van der Waals surface area contributed by atoms with E-state index >= 15 is 0 Å². The number of amides is 1. The number of carbonyl (C=O) groups excluding carboxylic acids is 1. The maximum Gasteiger partial charge on any atom is 0.265 e. The molecule has 1 atom stereocenters. The van der Waals surface area contributed by atoms with E-state index in [9.17, 15) is 13.2 Å².